The number of hydrogen-bond acceptors (Lipinski definition) is 1. The standard InChI is InChI=1S/C9H9BrO/c1-7-2-4-8(6-11)9(10)5-3-7/h2-7H,1H3. The topological polar surface area (TPSA) is 17.1 Å². The number of hydrogen-bond donors (Lipinski definition) is 0. The van der Waals surface area contributed by atoms with Crippen LogP contribution in [0.4, 0.5) is 0 Å². The Morgan fingerprint density at radius 2 is 2.09 bits per heavy atom. The number of rotatable bonds is 1. The first-order valence-corrected chi connectivity index (χ1v) is 4.24. The van der Waals surface area contributed by atoms with Gasteiger partial charge < -0.3 is 0 Å². The van der Waals surface area contributed by atoms with Gasteiger partial charge in [0.1, 0.15) is 0 Å². The van der Waals surface area contributed by atoms with E-state index in [-0.39, 0.29) is 0 Å². The molecule has 11 heavy (non-hydrogen) atoms. The zero-order chi connectivity index (χ0) is 8.27. The Bertz CT molecular complexity index is 248. The molecule has 1 rings (SSSR count). The highest BCUT2D eigenvalue weighted by molar-refractivity contribution is 9.12. The van der Waals surface area contributed by atoms with Crippen LogP contribution in [-0.2, 0) is 4.79 Å². The van der Waals surface area contributed by atoms with Gasteiger partial charge in [0.2, 0.25) is 0 Å². The smallest absolute Gasteiger partial charge is 0.151 e. The summed E-state index contributed by atoms with van der Waals surface area (Å²) >= 11 is 3.30. The maximum absolute atomic E-state index is 10.5. The summed E-state index contributed by atoms with van der Waals surface area (Å²) in [6, 6.07) is 0. The Labute approximate surface area is 74.6 Å². The van der Waals surface area contributed by atoms with Gasteiger partial charge in [0.25, 0.3) is 0 Å². The van der Waals surface area contributed by atoms with Crippen molar-refractivity contribution in [2.24, 2.45) is 5.92 Å². The lowest BCUT2D eigenvalue weighted by Crippen LogP contribution is -1.80. The SMILES string of the molecule is CC1C=CC(Br)=C(C=O)C=C1. The fourth-order valence-corrected chi connectivity index (χ4v) is 1.21. The Balaban J connectivity index is 2.99. The summed E-state index contributed by atoms with van der Waals surface area (Å²) in [6.45, 7) is 2.07. The van der Waals surface area contributed by atoms with E-state index < -0.39 is 0 Å². The lowest BCUT2D eigenvalue weighted by atomic mass is 10.1. The monoisotopic (exact) mass is 212 g/mol. The molecule has 1 nitrogen and oxygen atoms in total. The van der Waals surface area contributed by atoms with Crippen LogP contribution >= 0.6 is 15.9 Å². The second kappa shape index (κ2) is 3.67. The number of carbonyl (C=O) groups excluding carboxylic acids is 1. The third kappa shape index (κ3) is 2.15. The van der Waals surface area contributed by atoms with Crippen LogP contribution in [0.3, 0.4) is 0 Å². The predicted molar refractivity (Wildman–Crippen MR) is 49.5 cm³/mol. The summed E-state index contributed by atoms with van der Waals surface area (Å²) in [5.74, 6) is 0.403. The second-order valence-electron chi connectivity index (χ2n) is 2.50. The first-order valence-electron chi connectivity index (χ1n) is 3.45. The normalized spacial score (nSPS) is 23.6. The summed E-state index contributed by atoms with van der Waals surface area (Å²) in [5.41, 5.74) is 0.700. The van der Waals surface area contributed by atoms with Crippen LogP contribution in [0.15, 0.2) is 34.4 Å². The van der Waals surface area contributed by atoms with Gasteiger partial charge in [0.15, 0.2) is 6.29 Å². The van der Waals surface area contributed by atoms with Crippen molar-refractivity contribution in [3.05, 3.63) is 34.4 Å². The van der Waals surface area contributed by atoms with Gasteiger partial charge in [-0.15, -0.1) is 0 Å². The van der Waals surface area contributed by atoms with Gasteiger partial charge >= 0.3 is 0 Å². The van der Waals surface area contributed by atoms with Crippen LogP contribution in [0.25, 0.3) is 0 Å². The number of aldehydes is 1. The molecule has 1 aliphatic rings. The highest BCUT2D eigenvalue weighted by Crippen LogP contribution is 2.18. The van der Waals surface area contributed by atoms with Crippen LogP contribution in [0.1, 0.15) is 6.92 Å². The van der Waals surface area contributed by atoms with Gasteiger partial charge in [-0.1, -0.05) is 47.2 Å². The summed E-state index contributed by atoms with van der Waals surface area (Å²) in [7, 11) is 0. The Hall–Kier alpha value is -0.630. The zero-order valence-electron chi connectivity index (χ0n) is 6.25. The molecule has 0 saturated heterocycles. The van der Waals surface area contributed by atoms with E-state index in [2.05, 4.69) is 22.9 Å². The molecule has 0 aromatic rings. The fourth-order valence-electron chi connectivity index (χ4n) is 0.827. The number of halogens is 1. The van der Waals surface area contributed by atoms with Gasteiger partial charge in [-0.25, -0.2) is 0 Å². The molecule has 0 saturated carbocycles. The van der Waals surface area contributed by atoms with Gasteiger partial charge in [0, 0.05) is 10.1 Å². The van der Waals surface area contributed by atoms with Crippen molar-refractivity contribution in [2.75, 3.05) is 0 Å². The van der Waals surface area contributed by atoms with Crippen LogP contribution in [0.5, 0.6) is 0 Å². The van der Waals surface area contributed by atoms with Crippen molar-refractivity contribution >= 4 is 22.2 Å². The van der Waals surface area contributed by atoms with Crippen LogP contribution in [0, 0.1) is 5.92 Å². The van der Waals surface area contributed by atoms with Gasteiger partial charge in [-0.2, -0.15) is 0 Å². The molecule has 0 aromatic heterocycles. The predicted octanol–water partition coefficient (Wildman–Crippen LogP) is 2.60. The maximum atomic E-state index is 10.5. The lowest BCUT2D eigenvalue weighted by Gasteiger charge is -1.91. The molecule has 0 N–H and O–H groups in total. The van der Waals surface area contributed by atoms with E-state index >= 15 is 0 Å². The Kier molecular flexibility index (Phi) is 2.83. The molecule has 0 amide bonds. The highest BCUT2D eigenvalue weighted by atomic mass is 79.9. The molecule has 0 aliphatic heterocycles. The Morgan fingerprint density at radius 1 is 1.45 bits per heavy atom. The first kappa shape index (κ1) is 8.47. The molecule has 0 fully saturated rings. The molecule has 1 atom stereocenters. The van der Waals surface area contributed by atoms with Crippen molar-refractivity contribution in [1.29, 1.82) is 0 Å². The summed E-state index contributed by atoms with van der Waals surface area (Å²) in [6.07, 6.45) is 8.63. The van der Waals surface area contributed by atoms with Gasteiger partial charge in [-0.3, -0.25) is 4.79 Å². The molecule has 0 spiro atoms. The number of allylic oxidation sites excluding steroid dienone is 6. The summed E-state index contributed by atoms with van der Waals surface area (Å²) < 4.78 is 0.855. The van der Waals surface area contributed by atoms with E-state index in [1.54, 1.807) is 0 Å². The molecule has 0 radical (unpaired) electrons. The molecule has 58 valence electrons. The quantitative estimate of drug-likeness (QED) is 0.612. The number of carbonyl (C=O) groups is 1. The Morgan fingerprint density at radius 3 is 2.73 bits per heavy atom. The van der Waals surface area contributed by atoms with E-state index in [0.717, 1.165) is 10.8 Å². The van der Waals surface area contributed by atoms with E-state index in [9.17, 15) is 4.79 Å². The largest absolute Gasteiger partial charge is 0.298 e. The molecule has 1 aliphatic carbocycles. The van der Waals surface area contributed by atoms with E-state index in [0.29, 0.717) is 11.5 Å². The molecular weight excluding hydrogens is 204 g/mol. The fraction of sp³-hybridized carbons (Fsp3) is 0.222. The van der Waals surface area contributed by atoms with E-state index in [1.807, 2.05) is 24.3 Å². The summed E-state index contributed by atoms with van der Waals surface area (Å²) in [4.78, 5) is 10.5. The van der Waals surface area contributed by atoms with Crippen molar-refractivity contribution in [2.45, 2.75) is 6.92 Å². The van der Waals surface area contributed by atoms with E-state index in [1.165, 1.54) is 0 Å². The van der Waals surface area contributed by atoms with Gasteiger partial charge in [0.05, 0.1) is 0 Å². The van der Waals surface area contributed by atoms with Crippen molar-refractivity contribution in [1.82, 2.24) is 0 Å². The molecule has 0 bridgehead atoms. The maximum Gasteiger partial charge on any atom is 0.151 e. The average molecular weight is 213 g/mol. The minimum absolute atomic E-state index is 0.403. The highest BCUT2D eigenvalue weighted by Gasteiger charge is 2.01. The minimum atomic E-state index is 0.403. The molecule has 0 aromatic carbocycles. The lowest BCUT2D eigenvalue weighted by molar-refractivity contribution is -0.104. The van der Waals surface area contributed by atoms with E-state index in [4.69, 9.17) is 0 Å². The van der Waals surface area contributed by atoms with Crippen molar-refractivity contribution in [3.8, 4) is 0 Å². The van der Waals surface area contributed by atoms with Crippen LogP contribution < -0.4 is 0 Å². The van der Waals surface area contributed by atoms with Crippen molar-refractivity contribution < 1.29 is 4.79 Å². The molecular formula is C9H9BrO. The first-order chi connectivity index (χ1) is 5.24. The van der Waals surface area contributed by atoms with Crippen LogP contribution in [-0.4, -0.2) is 6.29 Å². The van der Waals surface area contributed by atoms with Crippen molar-refractivity contribution in [3.63, 3.8) is 0 Å². The van der Waals surface area contributed by atoms with Gasteiger partial charge in [-0.05, 0) is 5.92 Å². The molecule has 2 heteroatoms. The van der Waals surface area contributed by atoms with Crippen LogP contribution in [0.2, 0.25) is 0 Å². The third-order valence-corrected chi connectivity index (χ3v) is 2.25. The molecule has 1 unspecified atom stereocenters. The average Bonchev–Trinajstić information content (AvgIpc) is 2.15. The zero-order valence-corrected chi connectivity index (χ0v) is 7.84. The third-order valence-electron chi connectivity index (χ3n) is 1.53. The summed E-state index contributed by atoms with van der Waals surface area (Å²) in [5, 5.41) is 0. The second-order valence-corrected chi connectivity index (χ2v) is 3.35. The minimum Gasteiger partial charge on any atom is -0.298 e. The molecule has 0 heterocycles.